The summed E-state index contributed by atoms with van der Waals surface area (Å²) in [5.74, 6) is -1.46. The summed E-state index contributed by atoms with van der Waals surface area (Å²) in [4.78, 5) is 35.4. The van der Waals surface area contributed by atoms with Crippen LogP contribution in [0.5, 0.6) is 0 Å². The molecule has 0 bridgehead atoms. The predicted molar refractivity (Wildman–Crippen MR) is 60.7 cm³/mol. The number of hydrogen-bond acceptors (Lipinski definition) is 4. The number of piperidine rings is 1. The highest BCUT2D eigenvalue weighted by molar-refractivity contribution is 7.12. The third-order valence-corrected chi connectivity index (χ3v) is 3.60. The van der Waals surface area contributed by atoms with Crippen LogP contribution < -0.4 is 0 Å². The lowest BCUT2D eigenvalue weighted by Crippen LogP contribution is -2.39. The standard InChI is InChI=1S/C11H11NO4S/c13-8-2-1-3-9(14)12(8)6-7-4-5-17-10(7)11(15)16/h4-5H,1-3,6H2,(H,15,16). The molecule has 0 spiro atoms. The second-order valence-corrected chi connectivity index (χ2v) is 4.72. The predicted octanol–water partition coefficient (Wildman–Crippen LogP) is 1.49. The zero-order chi connectivity index (χ0) is 12.4. The zero-order valence-corrected chi connectivity index (χ0v) is 9.83. The normalized spacial score (nSPS) is 16.4. The number of amides is 2. The maximum absolute atomic E-state index is 11.6. The molecule has 1 fully saturated rings. The van der Waals surface area contributed by atoms with Crippen molar-refractivity contribution in [2.24, 2.45) is 0 Å². The highest BCUT2D eigenvalue weighted by Gasteiger charge is 2.27. The van der Waals surface area contributed by atoms with Gasteiger partial charge < -0.3 is 5.11 Å². The van der Waals surface area contributed by atoms with Gasteiger partial charge in [0.1, 0.15) is 4.88 Å². The number of likely N-dealkylation sites (tertiary alicyclic amines) is 1. The molecule has 2 amide bonds. The molecule has 1 N–H and O–H groups in total. The molecule has 1 aliphatic heterocycles. The van der Waals surface area contributed by atoms with Gasteiger partial charge in [0, 0.05) is 12.8 Å². The van der Waals surface area contributed by atoms with Gasteiger partial charge in [-0.2, -0.15) is 0 Å². The summed E-state index contributed by atoms with van der Waals surface area (Å²) < 4.78 is 0. The summed E-state index contributed by atoms with van der Waals surface area (Å²) in [7, 11) is 0. The fourth-order valence-electron chi connectivity index (χ4n) is 1.79. The van der Waals surface area contributed by atoms with E-state index in [-0.39, 0.29) is 23.2 Å². The van der Waals surface area contributed by atoms with Gasteiger partial charge in [0.2, 0.25) is 11.8 Å². The molecule has 5 nitrogen and oxygen atoms in total. The summed E-state index contributed by atoms with van der Waals surface area (Å²) in [5.41, 5.74) is 0.520. The van der Waals surface area contributed by atoms with Crippen LogP contribution in [0.15, 0.2) is 11.4 Å². The number of thiophene rings is 1. The van der Waals surface area contributed by atoms with E-state index in [0.717, 1.165) is 16.2 Å². The van der Waals surface area contributed by atoms with Crippen LogP contribution in [0.1, 0.15) is 34.5 Å². The number of carbonyl (C=O) groups excluding carboxylic acids is 2. The van der Waals surface area contributed by atoms with E-state index in [9.17, 15) is 14.4 Å². The Kier molecular flexibility index (Phi) is 3.23. The molecule has 17 heavy (non-hydrogen) atoms. The van der Waals surface area contributed by atoms with Crippen molar-refractivity contribution in [3.05, 3.63) is 21.9 Å². The zero-order valence-electron chi connectivity index (χ0n) is 9.01. The average Bonchev–Trinajstić information content (AvgIpc) is 2.72. The monoisotopic (exact) mass is 253 g/mol. The van der Waals surface area contributed by atoms with Gasteiger partial charge in [-0.3, -0.25) is 14.5 Å². The fraction of sp³-hybridized carbons (Fsp3) is 0.364. The lowest BCUT2D eigenvalue weighted by molar-refractivity contribution is -0.148. The average molecular weight is 253 g/mol. The molecule has 6 heteroatoms. The number of nitrogens with zero attached hydrogens (tertiary/aromatic N) is 1. The first-order valence-corrected chi connectivity index (χ1v) is 6.10. The second-order valence-electron chi connectivity index (χ2n) is 3.81. The molecular weight excluding hydrogens is 242 g/mol. The van der Waals surface area contributed by atoms with Gasteiger partial charge >= 0.3 is 5.97 Å². The molecule has 0 radical (unpaired) electrons. The van der Waals surface area contributed by atoms with E-state index < -0.39 is 5.97 Å². The van der Waals surface area contributed by atoms with Crippen LogP contribution in [0.3, 0.4) is 0 Å². The van der Waals surface area contributed by atoms with Crippen molar-refractivity contribution in [1.82, 2.24) is 4.90 Å². The SMILES string of the molecule is O=C(O)c1sccc1CN1C(=O)CCCC1=O. The molecule has 0 aliphatic carbocycles. The number of carboxylic acid groups (broad SMARTS) is 1. The Morgan fingerprint density at radius 3 is 2.59 bits per heavy atom. The Labute approximate surface area is 102 Å². The molecule has 0 aromatic carbocycles. The number of imide groups is 1. The molecule has 0 saturated carbocycles. The van der Waals surface area contributed by atoms with E-state index in [4.69, 9.17) is 5.11 Å². The molecule has 90 valence electrons. The number of carboxylic acids is 1. The van der Waals surface area contributed by atoms with Crippen molar-refractivity contribution in [2.45, 2.75) is 25.8 Å². The van der Waals surface area contributed by atoms with Crippen LogP contribution in [0.2, 0.25) is 0 Å². The lowest BCUT2D eigenvalue weighted by Gasteiger charge is -2.24. The van der Waals surface area contributed by atoms with Crippen molar-refractivity contribution in [1.29, 1.82) is 0 Å². The Morgan fingerprint density at radius 1 is 1.35 bits per heavy atom. The first kappa shape index (κ1) is 11.8. The Hall–Kier alpha value is -1.69. The van der Waals surface area contributed by atoms with Crippen molar-refractivity contribution < 1.29 is 19.5 Å². The molecule has 1 saturated heterocycles. The van der Waals surface area contributed by atoms with Crippen molar-refractivity contribution in [3.8, 4) is 0 Å². The third kappa shape index (κ3) is 2.36. The molecule has 1 aromatic heterocycles. The highest BCUT2D eigenvalue weighted by atomic mass is 32.1. The highest BCUT2D eigenvalue weighted by Crippen LogP contribution is 2.21. The van der Waals surface area contributed by atoms with Crippen LogP contribution in [-0.2, 0) is 16.1 Å². The number of aromatic carboxylic acids is 1. The van der Waals surface area contributed by atoms with Crippen LogP contribution in [0, 0.1) is 0 Å². The summed E-state index contributed by atoms with van der Waals surface area (Å²) in [6, 6.07) is 1.64. The fourth-order valence-corrected chi connectivity index (χ4v) is 2.55. The minimum Gasteiger partial charge on any atom is -0.477 e. The molecule has 1 aromatic rings. The summed E-state index contributed by atoms with van der Waals surface area (Å²) >= 11 is 1.10. The van der Waals surface area contributed by atoms with Crippen molar-refractivity contribution in [2.75, 3.05) is 0 Å². The minimum atomic E-state index is -1.02. The second kappa shape index (κ2) is 4.67. The van der Waals surface area contributed by atoms with Gasteiger partial charge in [-0.05, 0) is 23.4 Å². The summed E-state index contributed by atoms with van der Waals surface area (Å²) in [6.45, 7) is 0.0722. The molecule has 0 atom stereocenters. The van der Waals surface area contributed by atoms with Gasteiger partial charge in [-0.15, -0.1) is 11.3 Å². The summed E-state index contributed by atoms with van der Waals surface area (Å²) in [5, 5.41) is 10.6. The number of hydrogen-bond donors (Lipinski definition) is 1. The van der Waals surface area contributed by atoms with E-state index in [2.05, 4.69) is 0 Å². The number of rotatable bonds is 3. The van der Waals surface area contributed by atoms with Gasteiger partial charge in [-0.1, -0.05) is 0 Å². The Morgan fingerprint density at radius 2 is 2.00 bits per heavy atom. The topological polar surface area (TPSA) is 74.7 Å². The first-order chi connectivity index (χ1) is 8.09. The van der Waals surface area contributed by atoms with Gasteiger partial charge in [-0.25, -0.2) is 4.79 Å². The number of carbonyl (C=O) groups is 3. The molecule has 0 unspecified atom stereocenters. The van der Waals surface area contributed by atoms with Crippen LogP contribution >= 0.6 is 11.3 Å². The van der Waals surface area contributed by atoms with Crippen LogP contribution in [0.25, 0.3) is 0 Å². The van der Waals surface area contributed by atoms with E-state index in [1.165, 1.54) is 0 Å². The molecule has 1 aliphatic rings. The van der Waals surface area contributed by atoms with E-state index in [0.29, 0.717) is 24.8 Å². The quantitative estimate of drug-likeness (QED) is 0.828. The van der Waals surface area contributed by atoms with Crippen molar-refractivity contribution in [3.63, 3.8) is 0 Å². The summed E-state index contributed by atoms with van der Waals surface area (Å²) in [6.07, 6.45) is 1.31. The maximum Gasteiger partial charge on any atom is 0.346 e. The Bertz CT molecular complexity index is 464. The van der Waals surface area contributed by atoms with Crippen molar-refractivity contribution >= 4 is 29.1 Å². The van der Waals surface area contributed by atoms with Crippen LogP contribution in [-0.4, -0.2) is 27.8 Å². The van der Waals surface area contributed by atoms with Crippen LogP contribution in [0.4, 0.5) is 0 Å². The van der Waals surface area contributed by atoms with E-state index >= 15 is 0 Å². The Balaban J connectivity index is 2.19. The first-order valence-electron chi connectivity index (χ1n) is 5.22. The van der Waals surface area contributed by atoms with E-state index in [1.807, 2.05) is 0 Å². The molecular formula is C11H11NO4S. The maximum atomic E-state index is 11.6. The largest absolute Gasteiger partial charge is 0.477 e. The molecule has 2 rings (SSSR count). The van der Waals surface area contributed by atoms with E-state index in [1.54, 1.807) is 11.4 Å². The van der Waals surface area contributed by atoms with Gasteiger partial charge in [0.15, 0.2) is 0 Å². The van der Waals surface area contributed by atoms with Gasteiger partial charge in [0.05, 0.1) is 6.54 Å². The minimum absolute atomic E-state index is 0.0722. The lowest BCUT2D eigenvalue weighted by atomic mass is 10.1. The van der Waals surface area contributed by atoms with Gasteiger partial charge in [0.25, 0.3) is 0 Å². The third-order valence-electron chi connectivity index (χ3n) is 2.65. The smallest absolute Gasteiger partial charge is 0.346 e. The molecule has 2 heterocycles.